The predicted octanol–water partition coefficient (Wildman–Crippen LogP) is 3.50. The van der Waals surface area contributed by atoms with Crippen LogP contribution in [0.15, 0.2) is 5.10 Å². The van der Waals surface area contributed by atoms with Crippen LogP contribution in [0, 0.1) is 5.92 Å². The van der Waals surface area contributed by atoms with Gasteiger partial charge in [-0.05, 0) is 19.3 Å². The topological polar surface area (TPSA) is 41.5 Å². The highest BCUT2D eigenvalue weighted by atomic mass is 16.2. The molecule has 0 bridgehead atoms. The summed E-state index contributed by atoms with van der Waals surface area (Å²) in [5.41, 5.74) is 3.58. The lowest BCUT2D eigenvalue weighted by molar-refractivity contribution is -0.121. The number of amides is 1. The van der Waals surface area contributed by atoms with Crippen molar-refractivity contribution >= 4 is 11.6 Å². The van der Waals surface area contributed by atoms with Crippen LogP contribution >= 0.6 is 0 Å². The molecular weight excluding hydrogens is 200 g/mol. The molecule has 0 aliphatic heterocycles. The van der Waals surface area contributed by atoms with E-state index in [0.29, 0.717) is 12.3 Å². The summed E-state index contributed by atoms with van der Waals surface area (Å²) in [5, 5.41) is 4.06. The van der Waals surface area contributed by atoms with E-state index in [-0.39, 0.29) is 5.91 Å². The summed E-state index contributed by atoms with van der Waals surface area (Å²) in [5.74, 6) is 0.432. The smallest absolute Gasteiger partial charge is 0.240 e. The third-order valence-corrected chi connectivity index (χ3v) is 2.70. The number of rotatable bonds is 8. The minimum atomic E-state index is 0.0384. The second-order valence-electron chi connectivity index (χ2n) is 4.61. The van der Waals surface area contributed by atoms with Gasteiger partial charge in [-0.15, -0.1) is 0 Å². The van der Waals surface area contributed by atoms with Gasteiger partial charge in [-0.3, -0.25) is 4.79 Å². The number of nitrogens with one attached hydrogen (secondary N) is 1. The lowest BCUT2D eigenvalue weighted by Crippen LogP contribution is -2.19. The molecule has 0 spiro atoms. The molecule has 0 rings (SSSR count). The summed E-state index contributed by atoms with van der Waals surface area (Å²) in [6.45, 7) is 8.26. The van der Waals surface area contributed by atoms with E-state index >= 15 is 0 Å². The monoisotopic (exact) mass is 226 g/mol. The maximum Gasteiger partial charge on any atom is 0.240 e. The number of hydrazone groups is 1. The molecule has 0 radical (unpaired) electrons. The number of hydrogen-bond acceptors (Lipinski definition) is 2. The molecule has 1 N–H and O–H groups in total. The van der Waals surface area contributed by atoms with Crippen molar-refractivity contribution in [3.63, 3.8) is 0 Å². The molecular formula is C13H26N2O. The number of carbonyl (C=O) groups is 1. The highest BCUT2D eigenvalue weighted by Crippen LogP contribution is 2.04. The van der Waals surface area contributed by atoms with Crippen molar-refractivity contribution in [2.75, 3.05) is 0 Å². The number of unbranched alkanes of at least 4 members (excludes halogenated alkanes) is 4. The SMILES string of the molecule is CCCCCCCC(=O)NN=C(C)C(C)C. The van der Waals surface area contributed by atoms with Crippen molar-refractivity contribution in [2.45, 2.75) is 66.2 Å². The summed E-state index contributed by atoms with van der Waals surface area (Å²) in [6, 6.07) is 0. The van der Waals surface area contributed by atoms with Gasteiger partial charge in [-0.25, -0.2) is 5.43 Å². The van der Waals surface area contributed by atoms with Crippen LogP contribution in [0.2, 0.25) is 0 Å². The minimum absolute atomic E-state index is 0.0384. The summed E-state index contributed by atoms with van der Waals surface area (Å²) in [4.78, 5) is 11.4. The maximum absolute atomic E-state index is 11.4. The van der Waals surface area contributed by atoms with Crippen molar-refractivity contribution in [1.82, 2.24) is 5.43 Å². The normalized spacial score (nSPS) is 11.9. The van der Waals surface area contributed by atoms with E-state index in [4.69, 9.17) is 0 Å². The Balaban J connectivity index is 3.56. The standard InChI is InChI=1S/C13H26N2O/c1-5-6-7-8-9-10-13(16)15-14-12(4)11(2)3/h11H,5-10H2,1-4H3,(H,15,16). The Morgan fingerprint density at radius 1 is 1.19 bits per heavy atom. The van der Waals surface area contributed by atoms with Crippen molar-refractivity contribution < 1.29 is 4.79 Å². The van der Waals surface area contributed by atoms with Crippen molar-refractivity contribution in [1.29, 1.82) is 0 Å². The van der Waals surface area contributed by atoms with Crippen LogP contribution < -0.4 is 5.43 Å². The fourth-order valence-corrected chi connectivity index (χ4v) is 1.22. The fourth-order valence-electron chi connectivity index (χ4n) is 1.22. The van der Waals surface area contributed by atoms with Gasteiger partial charge in [0.2, 0.25) is 5.91 Å². The molecule has 16 heavy (non-hydrogen) atoms. The first kappa shape index (κ1) is 15.1. The summed E-state index contributed by atoms with van der Waals surface area (Å²) < 4.78 is 0. The van der Waals surface area contributed by atoms with Gasteiger partial charge in [-0.1, -0.05) is 46.5 Å². The summed E-state index contributed by atoms with van der Waals surface area (Å²) in [7, 11) is 0. The Morgan fingerprint density at radius 2 is 1.81 bits per heavy atom. The summed E-state index contributed by atoms with van der Waals surface area (Å²) >= 11 is 0. The van der Waals surface area contributed by atoms with Gasteiger partial charge in [0.15, 0.2) is 0 Å². The second-order valence-corrected chi connectivity index (χ2v) is 4.61. The summed E-state index contributed by atoms with van der Waals surface area (Å²) in [6.07, 6.45) is 6.46. The first-order valence-corrected chi connectivity index (χ1v) is 6.41. The Morgan fingerprint density at radius 3 is 2.38 bits per heavy atom. The first-order chi connectivity index (χ1) is 7.57. The second kappa shape index (κ2) is 9.37. The molecule has 0 aromatic rings. The number of hydrogen-bond donors (Lipinski definition) is 1. The Kier molecular flexibility index (Phi) is 8.87. The van der Waals surface area contributed by atoms with Gasteiger partial charge in [0.25, 0.3) is 0 Å². The average Bonchev–Trinajstić information content (AvgIpc) is 2.25. The van der Waals surface area contributed by atoms with E-state index in [1.54, 1.807) is 0 Å². The molecule has 3 heteroatoms. The zero-order valence-electron chi connectivity index (χ0n) is 11.2. The lowest BCUT2D eigenvalue weighted by Gasteiger charge is -2.04. The molecule has 0 fully saturated rings. The lowest BCUT2D eigenvalue weighted by atomic mass is 10.1. The molecule has 0 aliphatic rings. The van der Waals surface area contributed by atoms with E-state index < -0.39 is 0 Å². The van der Waals surface area contributed by atoms with Gasteiger partial charge in [-0.2, -0.15) is 5.10 Å². The van der Waals surface area contributed by atoms with Gasteiger partial charge < -0.3 is 0 Å². The minimum Gasteiger partial charge on any atom is -0.273 e. The molecule has 0 aromatic heterocycles. The molecule has 1 amide bonds. The van der Waals surface area contributed by atoms with Crippen LogP contribution in [0.25, 0.3) is 0 Å². The third-order valence-electron chi connectivity index (χ3n) is 2.70. The number of nitrogens with zero attached hydrogens (tertiary/aromatic N) is 1. The predicted molar refractivity (Wildman–Crippen MR) is 69.5 cm³/mol. The molecule has 0 unspecified atom stereocenters. The van der Waals surface area contributed by atoms with Gasteiger partial charge >= 0.3 is 0 Å². The number of carbonyl (C=O) groups excluding carboxylic acids is 1. The van der Waals surface area contributed by atoms with Crippen LogP contribution in [-0.4, -0.2) is 11.6 Å². The molecule has 0 saturated carbocycles. The van der Waals surface area contributed by atoms with E-state index in [1.807, 2.05) is 6.92 Å². The van der Waals surface area contributed by atoms with Gasteiger partial charge in [0, 0.05) is 12.1 Å². The van der Waals surface area contributed by atoms with E-state index in [9.17, 15) is 4.79 Å². The van der Waals surface area contributed by atoms with Crippen molar-refractivity contribution in [3.05, 3.63) is 0 Å². The van der Waals surface area contributed by atoms with E-state index in [1.165, 1.54) is 19.3 Å². The van der Waals surface area contributed by atoms with E-state index in [2.05, 4.69) is 31.3 Å². The molecule has 3 nitrogen and oxygen atoms in total. The quantitative estimate of drug-likeness (QED) is 0.384. The van der Waals surface area contributed by atoms with Crippen LogP contribution in [0.4, 0.5) is 0 Å². The van der Waals surface area contributed by atoms with Crippen LogP contribution in [0.3, 0.4) is 0 Å². The largest absolute Gasteiger partial charge is 0.273 e. The van der Waals surface area contributed by atoms with Crippen LogP contribution in [0.5, 0.6) is 0 Å². The first-order valence-electron chi connectivity index (χ1n) is 6.41. The highest BCUT2D eigenvalue weighted by molar-refractivity contribution is 5.85. The van der Waals surface area contributed by atoms with Gasteiger partial charge in [0.05, 0.1) is 0 Å². The molecule has 0 aliphatic carbocycles. The Bertz CT molecular complexity index is 222. The molecule has 0 saturated heterocycles. The Labute approximate surface area is 99.7 Å². The fraction of sp³-hybridized carbons (Fsp3) is 0.846. The molecule has 0 heterocycles. The molecule has 94 valence electrons. The van der Waals surface area contributed by atoms with Crippen molar-refractivity contribution in [2.24, 2.45) is 11.0 Å². The van der Waals surface area contributed by atoms with Crippen LogP contribution in [-0.2, 0) is 4.79 Å². The zero-order chi connectivity index (χ0) is 12.4. The zero-order valence-corrected chi connectivity index (χ0v) is 11.2. The average molecular weight is 226 g/mol. The highest BCUT2D eigenvalue weighted by Gasteiger charge is 2.01. The Hall–Kier alpha value is -0.860. The van der Waals surface area contributed by atoms with Crippen LogP contribution in [0.1, 0.15) is 66.2 Å². The maximum atomic E-state index is 11.4. The molecule has 0 aromatic carbocycles. The third kappa shape index (κ3) is 8.45. The van der Waals surface area contributed by atoms with E-state index in [0.717, 1.165) is 18.6 Å². The van der Waals surface area contributed by atoms with Gasteiger partial charge in [0.1, 0.15) is 0 Å². The molecule has 0 atom stereocenters. The van der Waals surface area contributed by atoms with Crippen molar-refractivity contribution in [3.8, 4) is 0 Å².